The van der Waals surface area contributed by atoms with Gasteiger partial charge in [-0.2, -0.15) is 0 Å². The summed E-state index contributed by atoms with van der Waals surface area (Å²) in [5.74, 6) is -2.99. The summed E-state index contributed by atoms with van der Waals surface area (Å²) in [4.78, 5) is 21.8. The maximum atomic E-state index is 11.0. The van der Waals surface area contributed by atoms with Crippen molar-refractivity contribution in [2.75, 3.05) is 0 Å². The van der Waals surface area contributed by atoms with E-state index >= 15 is 0 Å². The first-order chi connectivity index (χ1) is 8.97. The maximum Gasteiger partial charge on any atom is 0.0681 e. The largest absolute Gasteiger partial charge is 0.545 e. The molecule has 1 aromatic carbocycles. The Bertz CT molecular complexity index is 541. The van der Waals surface area contributed by atoms with Crippen LogP contribution in [0, 0.1) is 0 Å². The first-order valence-electron chi connectivity index (χ1n) is 5.77. The Balaban J connectivity index is 3.18. The summed E-state index contributed by atoms with van der Waals surface area (Å²) in [5.41, 5.74) is 1.06. The highest BCUT2D eigenvalue weighted by atomic mass is 16.4. The van der Waals surface area contributed by atoms with Crippen LogP contribution in [0.4, 0.5) is 0 Å². The average molecular weight is 258 g/mol. The van der Waals surface area contributed by atoms with Crippen LogP contribution in [0.25, 0.3) is 0 Å². The molecule has 0 unspecified atom stereocenters. The molecule has 0 N–H and O–H groups in total. The van der Waals surface area contributed by atoms with E-state index in [4.69, 9.17) is 0 Å². The van der Waals surface area contributed by atoms with Crippen LogP contribution in [0.3, 0.4) is 0 Å². The third-order valence-corrected chi connectivity index (χ3v) is 2.86. The molecular weight excluding hydrogens is 244 g/mol. The average Bonchev–Trinajstić information content (AvgIpc) is 2.36. The normalized spacial score (nSPS) is 11.6. The van der Waals surface area contributed by atoms with Crippen LogP contribution in [0.1, 0.15) is 18.1 Å². The number of carbonyl (C=O) groups is 2. The highest BCUT2D eigenvalue weighted by molar-refractivity contribution is 5.97. The van der Waals surface area contributed by atoms with Crippen molar-refractivity contribution in [2.45, 2.75) is 19.8 Å². The van der Waals surface area contributed by atoms with Crippen molar-refractivity contribution in [3.8, 4) is 0 Å². The monoisotopic (exact) mass is 258 g/mol. The summed E-state index contributed by atoms with van der Waals surface area (Å²) in [7, 11) is 0. The van der Waals surface area contributed by atoms with Crippen LogP contribution in [-0.4, -0.2) is 11.9 Å². The zero-order chi connectivity index (χ0) is 14.4. The molecule has 0 fully saturated rings. The van der Waals surface area contributed by atoms with Gasteiger partial charge >= 0.3 is 0 Å². The first kappa shape index (κ1) is 14.7. The fourth-order valence-corrected chi connectivity index (χ4v) is 1.76. The standard InChI is InChI=1S/C15H16O4/c1-3-6-11-7-4-5-8-12(11)9-13(15(18)19)10(2)14(16)17/h3-5,7-8H,1,6,9H2,2H3,(H,16,17)(H,18,19)/p-2/b13-10+. The van der Waals surface area contributed by atoms with Crippen molar-refractivity contribution in [3.05, 3.63) is 59.2 Å². The third-order valence-electron chi connectivity index (χ3n) is 2.86. The lowest BCUT2D eigenvalue weighted by Gasteiger charge is -2.16. The summed E-state index contributed by atoms with van der Waals surface area (Å²) >= 11 is 0. The summed E-state index contributed by atoms with van der Waals surface area (Å²) in [6, 6.07) is 7.20. The highest BCUT2D eigenvalue weighted by Crippen LogP contribution is 2.17. The van der Waals surface area contributed by atoms with Gasteiger partial charge in [-0.3, -0.25) is 0 Å². The molecule has 19 heavy (non-hydrogen) atoms. The van der Waals surface area contributed by atoms with Crippen LogP contribution >= 0.6 is 0 Å². The molecule has 0 aliphatic heterocycles. The number of rotatable bonds is 6. The molecule has 0 aliphatic carbocycles. The molecular formula is C15H14O4-2. The molecule has 0 saturated heterocycles. The fraction of sp³-hybridized carbons (Fsp3) is 0.200. The van der Waals surface area contributed by atoms with Crippen LogP contribution < -0.4 is 10.2 Å². The van der Waals surface area contributed by atoms with Crippen molar-refractivity contribution in [2.24, 2.45) is 0 Å². The third kappa shape index (κ3) is 3.81. The van der Waals surface area contributed by atoms with Crippen LogP contribution in [0.5, 0.6) is 0 Å². The van der Waals surface area contributed by atoms with Crippen molar-refractivity contribution in [3.63, 3.8) is 0 Å². The lowest BCUT2D eigenvalue weighted by atomic mass is 9.95. The molecule has 0 bridgehead atoms. The van der Waals surface area contributed by atoms with Crippen molar-refractivity contribution in [1.29, 1.82) is 0 Å². The van der Waals surface area contributed by atoms with Gasteiger partial charge in [0.1, 0.15) is 0 Å². The van der Waals surface area contributed by atoms with E-state index in [0.717, 1.165) is 11.1 Å². The van der Waals surface area contributed by atoms with Crippen molar-refractivity contribution in [1.82, 2.24) is 0 Å². The Labute approximate surface area is 111 Å². The Morgan fingerprint density at radius 3 is 2.21 bits per heavy atom. The number of carbonyl (C=O) groups excluding carboxylic acids is 2. The fourth-order valence-electron chi connectivity index (χ4n) is 1.76. The molecule has 0 heterocycles. The molecule has 0 aliphatic rings. The van der Waals surface area contributed by atoms with Gasteiger partial charge in [-0.05, 0) is 42.0 Å². The number of allylic oxidation sites excluding steroid dienone is 1. The van der Waals surface area contributed by atoms with Gasteiger partial charge < -0.3 is 19.8 Å². The second kappa shape index (κ2) is 6.54. The highest BCUT2D eigenvalue weighted by Gasteiger charge is 2.09. The van der Waals surface area contributed by atoms with Gasteiger partial charge in [0, 0.05) is 0 Å². The summed E-state index contributed by atoms with van der Waals surface area (Å²) in [6.07, 6.45) is 2.28. The van der Waals surface area contributed by atoms with E-state index in [1.165, 1.54) is 6.92 Å². The van der Waals surface area contributed by atoms with E-state index in [0.29, 0.717) is 6.42 Å². The molecule has 4 heteroatoms. The molecule has 0 aromatic heterocycles. The first-order valence-corrected chi connectivity index (χ1v) is 5.77. The second-order valence-electron chi connectivity index (χ2n) is 4.12. The van der Waals surface area contributed by atoms with Gasteiger partial charge in [0.05, 0.1) is 11.9 Å². The topological polar surface area (TPSA) is 80.3 Å². The number of aliphatic carboxylic acids is 2. The summed E-state index contributed by atoms with van der Waals surface area (Å²) < 4.78 is 0. The van der Waals surface area contributed by atoms with Gasteiger partial charge in [-0.25, -0.2) is 0 Å². The molecule has 0 atom stereocenters. The van der Waals surface area contributed by atoms with Crippen LogP contribution in [0.15, 0.2) is 48.1 Å². The second-order valence-corrected chi connectivity index (χ2v) is 4.12. The van der Waals surface area contributed by atoms with Gasteiger partial charge in [0.2, 0.25) is 0 Å². The minimum atomic E-state index is -1.50. The maximum absolute atomic E-state index is 11.0. The van der Waals surface area contributed by atoms with Crippen LogP contribution in [0.2, 0.25) is 0 Å². The van der Waals surface area contributed by atoms with Crippen molar-refractivity contribution < 1.29 is 19.8 Å². The predicted octanol–water partition coefficient (Wildman–Crippen LogP) is -0.226. The van der Waals surface area contributed by atoms with E-state index in [1.807, 2.05) is 12.1 Å². The van der Waals surface area contributed by atoms with Gasteiger partial charge in [-0.1, -0.05) is 30.3 Å². The molecule has 100 valence electrons. The van der Waals surface area contributed by atoms with E-state index in [9.17, 15) is 19.8 Å². The molecule has 0 spiro atoms. The lowest BCUT2D eigenvalue weighted by molar-refractivity contribution is -0.304. The Morgan fingerprint density at radius 1 is 1.16 bits per heavy atom. The van der Waals surface area contributed by atoms with Gasteiger partial charge in [0.15, 0.2) is 0 Å². The molecule has 1 rings (SSSR count). The Kier molecular flexibility index (Phi) is 5.06. The molecule has 0 saturated carbocycles. The molecule has 0 radical (unpaired) electrons. The minimum Gasteiger partial charge on any atom is -0.545 e. The van der Waals surface area contributed by atoms with E-state index in [1.54, 1.807) is 18.2 Å². The Hall–Kier alpha value is -2.36. The summed E-state index contributed by atoms with van der Waals surface area (Å²) in [6.45, 7) is 4.83. The van der Waals surface area contributed by atoms with Crippen LogP contribution in [-0.2, 0) is 22.4 Å². The van der Waals surface area contributed by atoms with Crippen molar-refractivity contribution >= 4 is 11.9 Å². The number of carboxylic acid groups (broad SMARTS) is 2. The van der Waals surface area contributed by atoms with E-state index < -0.39 is 11.9 Å². The SMILES string of the molecule is C=CCc1ccccc1C/C(C(=O)[O-])=C(/C)C(=O)[O-]. The minimum absolute atomic E-state index is 0.00778. The van der Waals surface area contributed by atoms with Gasteiger partial charge in [0.25, 0.3) is 0 Å². The molecule has 4 nitrogen and oxygen atoms in total. The number of benzene rings is 1. The number of hydrogen-bond donors (Lipinski definition) is 0. The zero-order valence-corrected chi connectivity index (χ0v) is 10.6. The van der Waals surface area contributed by atoms with E-state index in [-0.39, 0.29) is 17.6 Å². The quantitative estimate of drug-likeness (QED) is 0.521. The lowest BCUT2D eigenvalue weighted by Crippen LogP contribution is -2.31. The molecule has 0 amide bonds. The molecule has 1 aromatic rings. The van der Waals surface area contributed by atoms with Gasteiger partial charge in [-0.15, -0.1) is 6.58 Å². The smallest absolute Gasteiger partial charge is 0.0681 e. The van der Waals surface area contributed by atoms with E-state index in [2.05, 4.69) is 6.58 Å². The summed E-state index contributed by atoms with van der Waals surface area (Å²) in [5, 5.41) is 21.8. The predicted molar refractivity (Wildman–Crippen MR) is 66.8 cm³/mol. The number of hydrogen-bond acceptors (Lipinski definition) is 4. The Morgan fingerprint density at radius 2 is 1.74 bits per heavy atom. The zero-order valence-electron chi connectivity index (χ0n) is 10.6. The number of carboxylic acids is 2.